The molecule has 0 aromatic carbocycles. The number of hydrogen-bond donors (Lipinski definition) is 1. The van der Waals surface area contributed by atoms with E-state index in [-0.39, 0.29) is 5.09 Å². The van der Waals surface area contributed by atoms with E-state index in [0.717, 1.165) is 25.7 Å². The van der Waals surface area contributed by atoms with Crippen molar-refractivity contribution in [3.63, 3.8) is 0 Å². The van der Waals surface area contributed by atoms with Crippen LogP contribution in [0.3, 0.4) is 0 Å². The molecule has 8 heteroatoms. The van der Waals surface area contributed by atoms with Gasteiger partial charge in [0, 0.05) is 5.92 Å². The van der Waals surface area contributed by atoms with Gasteiger partial charge in [-0.2, -0.15) is 9.71 Å². The molecule has 2 saturated carbocycles. The Labute approximate surface area is 128 Å². The lowest BCUT2D eigenvalue weighted by Gasteiger charge is -2.25. The molecule has 4 rings (SSSR count). The third-order valence-electron chi connectivity index (χ3n) is 4.34. The predicted molar refractivity (Wildman–Crippen MR) is 75.4 cm³/mol. The van der Waals surface area contributed by atoms with E-state index in [0.29, 0.717) is 30.5 Å². The number of nitrogens with one attached hydrogen (secondary N) is 1. The van der Waals surface area contributed by atoms with E-state index in [1.165, 1.54) is 12.3 Å². The van der Waals surface area contributed by atoms with Crippen molar-refractivity contribution in [3.05, 3.63) is 30.1 Å². The van der Waals surface area contributed by atoms with E-state index in [1.807, 2.05) is 0 Å². The first-order chi connectivity index (χ1) is 10.6. The van der Waals surface area contributed by atoms with Crippen LogP contribution in [0.4, 0.5) is 0 Å². The molecular weight excluding hydrogens is 306 g/mol. The fourth-order valence-corrected chi connectivity index (χ4v) is 4.35. The van der Waals surface area contributed by atoms with E-state index in [4.69, 9.17) is 8.94 Å². The molecule has 0 spiro atoms. The number of nitrogens with zero attached hydrogens (tertiary/aromatic N) is 2. The first kappa shape index (κ1) is 14.0. The van der Waals surface area contributed by atoms with Gasteiger partial charge in [0.2, 0.25) is 11.0 Å². The van der Waals surface area contributed by atoms with Gasteiger partial charge >= 0.3 is 0 Å². The SMILES string of the molecule is O=S(=O)(NC1(c2noc(C3CC3)n2)CCCC1)c1ccco1. The highest BCUT2D eigenvalue weighted by molar-refractivity contribution is 7.89. The second-order valence-corrected chi connectivity index (χ2v) is 7.67. The lowest BCUT2D eigenvalue weighted by Crippen LogP contribution is -2.44. The average molecular weight is 323 g/mol. The summed E-state index contributed by atoms with van der Waals surface area (Å²) in [5, 5.41) is 3.96. The maximum absolute atomic E-state index is 12.5. The van der Waals surface area contributed by atoms with Crippen LogP contribution in [0.25, 0.3) is 0 Å². The highest BCUT2D eigenvalue weighted by Crippen LogP contribution is 2.42. The zero-order chi connectivity index (χ0) is 15.2. The molecule has 1 N–H and O–H groups in total. The molecule has 2 aromatic heterocycles. The third kappa shape index (κ3) is 2.36. The van der Waals surface area contributed by atoms with Gasteiger partial charge in [0.15, 0.2) is 5.82 Å². The van der Waals surface area contributed by atoms with Crippen LogP contribution in [0.1, 0.15) is 56.2 Å². The standard InChI is InChI=1S/C14H17N3O4S/c18-22(19,11-4-3-9-20-11)17-14(7-1-2-8-14)13-15-12(21-16-13)10-5-6-10/h3-4,9-10,17H,1-2,5-8H2. The largest absolute Gasteiger partial charge is 0.452 e. The van der Waals surface area contributed by atoms with Crippen LogP contribution in [-0.2, 0) is 15.6 Å². The molecular formula is C14H17N3O4S. The Bertz CT molecular complexity index is 756. The van der Waals surface area contributed by atoms with Gasteiger partial charge in [0.25, 0.3) is 10.0 Å². The van der Waals surface area contributed by atoms with Crippen molar-refractivity contribution in [1.29, 1.82) is 0 Å². The van der Waals surface area contributed by atoms with E-state index >= 15 is 0 Å². The summed E-state index contributed by atoms with van der Waals surface area (Å²) in [4.78, 5) is 4.46. The number of hydrogen-bond acceptors (Lipinski definition) is 6. The van der Waals surface area contributed by atoms with E-state index in [1.54, 1.807) is 6.07 Å². The molecule has 2 aromatic rings. The second kappa shape index (κ2) is 4.92. The third-order valence-corrected chi connectivity index (χ3v) is 5.76. The van der Waals surface area contributed by atoms with Crippen LogP contribution in [0.2, 0.25) is 0 Å². The molecule has 0 aliphatic heterocycles. The normalized spacial score (nSPS) is 21.3. The maximum Gasteiger partial charge on any atom is 0.274 e. The second-order valence-electron chi connectivity index (χ2n) is 6.06. The van der Waals surface area contributed by atoms with Crippen molar-refractivity contribution in [2.24, 2.45) is 0 Å². The summed E-state index contributed by atoms with van der Waals surface area (Å²) in [7, 11) is -3.74. The molecule has 2 aliphatic carbocycles. The molecule has 0 radical (unpaired) electrons. The molecule has 118 valence electrons. The molecule has 22 heavy (non-hydrogen) atoms. The van der Waals surface area contributed by atoms with Crippen LogP contribution in [0.5, 0.6) is 0 Å². The summed E-state index contributed by atoms with van der Waals surface area (Å²) in [5.74, 6) is 1.42. The van der Waals surface area contributed by atoms with E-state index < -0.39 is 15.6 Å². The van der Waals surface area contributed by atoms with Gasteiger partial charge in [-0.1, -0.05) is 18.0 Å². The quantitative estimate of drug-likeness (QED) is 0.906. The smallest absolute Gasteiger partial charge is 0.274 e. The Hall–Kier alpha value is -1.67. The monoisotopic (exact) mass is 323 g/mol. The topological polar surface area (TPSA) is 98.2 Å². The van der Waals surface area contributed by atoms with Crippen molar-refractivity contribution in [3.8, 4) is 0 Å². The van der Waals surface area contributed by atoms with Gasteiger partial charge in [-0.05, 0) is 37.8 Å². The van der Waals surface area contributed by atoms with Gasteiger partial charge in [-0.25, -0.2) is 8.42 Å². The molecule has 0 saturated heterocycles. The first-order valence-electron chi connectivity index (χ1n) is 7.51. The Morgan fingerprint density at radius 1 is 1.27 bits per heavy atom. The molecule has 7 nitrogen and oxygen atoms in total. The maximum atomic E-state index is 12.5. The summed E-state index contributed by atoms with van der Waals surface area (Å²) in [6.45, 7) is 0. The Morgan fingerprint density at radius 3 is 2.68 bits per heavy atom. The fraction of sp³-hybridized carbons (Fsp3) is 0.571. The Balaban J connectivity index is 1.67. The summed E-state index contributed by atoms with van der Waals surface area (Å²) >= 11 is 0. The van der Waals surface area contributed by atoms with Gasteiger partial charge in [-0.3, -0.25) is 0 Å². The lowest BCUT2D eigenvalue weighted by atomic mass is 9.98. The molecule has 2 heterocycles. The number of rotatable bonds is 5. The average Bonchev–Trinajstić information content (AvgIpc) is 2.96. The van der Waals surface area contributed by atoms with Crippen LogP contribution >= 0.6 is 0 Å². The fourth-order valence-electron chi connectivity index (χ4n) is 3.00. The molecule has 0 bridgehead atoms. The zero-order valence-electron chi connectivity index (χ0n) is 12.0. The minimum absolute atomic E-state index is 0.0929. The molecule has 2 aliphatic rings. The van der Waals surface area contributed by atoms with Crippen LogP contribution in [0.15, 0.2) is 32.4 Å². The van der Waals surface area contributed by atoms with Gasteiger partial charge < -0.3 is 8.94 Å². The van der Waals surface area contributed by atoms with Crippen LogP contribution in [0, 0.1) is 0 Å². The summed E-state index contributed by atoms with van der Waals surface area (Å²) in [6, 6.07) is 2.98. The summed E-state index contributed by atoms with van der Waals surface area (Å²) in [6.07, 6.45) is 6.64. The summed E-state index contributed by atoms with van der Waals surface area (Å²) < 4.78 is 38.1. The number of sulfonamides is 1. The van der Waals surface area contributed by atoms with E-state index in [9.17, 15) is 8.42 Å². The zero-order valence-corrected chi connectivity index (χ0v) is 12.8. The number of furan rings is 1. The lowest BCUT2D eigenvalue weighted by molar-refractivity contribution is 0.330. The molecule has 0 unspecified atom stereocenters. The van der Waals surface area contributed by atoms with Crippen molar-refractivity contribution in [2.45, 2.75) is 55.1 Å². The van der Waals surface area contributed by atoms with Crippen LogP contribution < -0.4 is 4.72 Å². The highest BCUT2D eigenvalue weighted by atomic mass is 32.2. The minimum atomic E-state index is -3.74. The van der Waals surface area contributed by atoms with E-state index in [2.05, 4.69) is 14.9 Å². The number of aromatic nitrogens is 2. The Kier molecular flexibility index (Phi) is 3.12. The molecule has 2 fully saturated rings. The summed E-state index contributed by atoms with van der Waals surface area (Å²) in [5.41, 5.74) is -0.789. The predicted octanol–water partition coefficient (Wildman–Crippen LogP) is 2.29. The van der Waals surface area contributed by atoms with Crippen molar-refractivity contribution in [2.75, 3.05) is 0 Å². The molecule has 0 atom stereocenters. The van der Waals surface area contributed by atoms with Crippen molar-refractivity contribution >= 4 is 10.0 Å². The van der Waals surface area contributed by atoms with Crippen molar-refractivity contribution in [1.82, 2.24) is 14.9 Å². The van der Waals surface area contributed by atoms with Crippen LogP contribution in [-0.4, -0.2) is 18.6 Å². The molecule has 0 amide bonds. The highest BCUT2D eigenvalue weighted by Gasteiger charge is 2.45. The minimum Gasteiger partial charge on any atom is -0.452 e. The van der Waals surface area contributed by atoms with Crippen molar-refractivity contribution < 1.29 is 17.4 Å². The first-order valence-corrected chi connectivity index (χ1v) is 8.99. The van der Waals surface area contributed by atoms with Gasteiger partial charge in [0.1, 0.15) is 0 Å². The van der Waals surface area contributed by atoms with Gasteiger partial charge in [0.05, 0.1) is 11.8 Å². The Morgan fingerprint density at radius 2 is 2.05 bits per heavy atom. The van der Waals surface area contributed by atoms with Gasteiger partial charge in [-0.15, -0.1) is 0 Å².